The minimum absolute atomic E-state index is 0.304. The van der Waals surface area contributed by atoms with Gasteiger partial charge in [0.05, 0.1) is 12.7 Å². The quantitative estimate of drug-likeness (QED) is 0.827. The van der Waals surface area contributed by atoms with Gasteiger partial charge in [0, 0.05) is 12.2 Å². The van der Waals surface area contributed by atoms with Gasteiger partial charge < -0.3 is 15.4 Å². The molecular formula is C19H22N2O3. The molecule has 5 heteroatoms. The Hall–Kier alpha value is -2.82. The Morgan fingerprint density at radius 2 is 1.88 bits per heavy atom. The molecule has 0 atom stereocenters. The number of carbonyl (C=O) groups excluding carboxylic acids is 2. The molecule has 2 amide bonds. The number of methoxy groups -OCH3 is 1. The second-order valence-electron chi connectivity index (χ2n) is 5.63. The highest BCUT2D eigenvalue weighted by Crippen LogP contribution is 2.12. The highest BCUT2D eigenvalue weighted by atomic mass is 16.5. The number of urea groups is 1. The zero-order chi connectivity index (χ0) is 17.5. The first-order valence-electron chi connectivity index (χ1n) is 7.79. The van der Waals surface area contributed by atoms with Gasteiger partial charge in [0.1, 0.15) is 0 Å². The number of esters is 1. The van der Waals surface area contributed by atoms with E-state index in [0.29, 0.717) is 17.8 Å². The minimum Gasteiger partial charge on any atom is -0.465 e. The van der Waals surface area contributed by atoms with Crippen LogP contribution in [0.5, 0.6) is 0 Å². The first kappa shape index (κ1) is 17.5. The van der Waals surface area contributed by atoms with Crippen LogP contribution in [0.3, 0.4) is 0 Å². The highest BCUT2D eigenvalue weighted by Gasteiger charge is 2.07. The van der Waals surface area contributed by atoms with Crippen LogP contribution in [0.2, 0.25) is 0 Å². The number of nitrogens with one attached hydrogen (secondary N) is 2. The Bertz CT molecular complexity index is 741. The molecule has 0 bridgehead atoms. The van der Waals surface area contributed by atoms with Crippen molar-refractivity contribution in [2.45, 2.75) is 20.3 Å². The van der Waals surface area contributed by atoms with E-state index in [9.17, 15) is 9.59 Å². The molecule has 2 rings (SSSR count). The molecule has 0 saturated heterocycles. The first-order valence-corrected chi connectivity index (χ1v) is 7.79. The second-order valence-corrected chi connectivity index (χ2v) is 5.63. The lowest BCUT2D eigenvalue weighted by molar-refractivity contribution is 0.0600. The molecule has 0 heterocycles. The lowest BCUT2D eigenvalue weighted by Gasteiger charge is -2.10. The van der Waals surface area contributed by atoms with Crippen LogP contribution in [-0.2, 0) is 11.2 Å². The SMILES string of the molecule is COC(=O)c1cccc(NC(=O)NCCc2ccc(C)cc2C)c1. The van der Waals surface area contributed by atoms with Crippen LogP contribution in [0, 0.1) is 13.8 Å². The topological polar surface area (TPSA) is 67.4 Å². The molecule has 2 aromatic rings. The van der Waals surface area contributed by atoms with Crippen molar-refractivity contribution in [1.29, 1.82) is 0 Å². The van der Waals surface area contributed by atoms with Crippen molar-refractivity contribution in [1.82, 2.24) is 5.32 Å². The van der Waals surface area contributed by atoms with E-state index < -0.39 is 5.97 Å². The van der Waals surface area contributed by atoms with E-state index in [2.05, 4.69) is 47.4 Å². The summed E-state index contributed by atoms with van der Waals surface area (Å²) in [7, 11) is 1.32. The van der Waals surface area contributed by atoms with Crippen LogP contribution in [0.1, 0.15) is 27.0 Å². The lowest BCUT2D eigenvalue weighted by Crippen LogP contribution is -2.30. The van der Waals surface area contributed by atoms with Gasteiger partial charge in [-0.2, -0.15) is 0 Å². The van der Waals surface area contributed by atoms with E-state index in [1.165, 1.54) is 23.8 Å². The molecule has 0 radical (unpaired) electrons. The average molecular weight is 326 g/mol. The van der Waals surface area contributed by atoms with E-state index in [1.807, 2.05) is 0 Å². The molecule has 126 valence electrons. The van der Waals surface area contributed by atoms with Crippen LogP contribution in [0.4, 0.5) is 10.5 Å². The fourth-order valence-electron chi connectivity index (χ4n) is 2.45. The number of amides is 2. The largest absolute Gasteiger partial charge is 0.465 e. The second kappa shape index (κ2) is 8.15. The Balaban J connectivity index is 1.86. The third-order valence-electron chi connectivity index (χ3n) is 3.72. The number of hydrogen-bond acceptors (Lipinski definition) is 3. The van der Waals surface area contributed by atoms with E-state index >= 15 is 0 Å². The molecule has 0 aliphatic heterocycles. The van der Waals surface area contributed by atoms with E-state index in [0.717, 1.165) is 6.42 Å². The number of carbonyl (C=O) groups is 2. The summed E-state index contributed by atoms with van der Waals surface area (Å²) in [6.07, 6.45) is 0.766. The van der Waals surface area contributed by atoms with E-state index in [4.69, 9.17) is 0 Å². The van der Waals surface area contributed by atoms with Crippen LogP contribution in [0.15, 0.2) is 42.5 Å². The molecule has 0 saturated carbocycles. The molecule has 2 N–H and O–H groups in total. The van der Waals surface area contributed by atoms with Gasteiger partial charge in [-0.15, -0.1) is 0 Å². The van der Waals surface area contributed by atoms with Crippen molar-refractivity contribution in [2.24, 2.45) is 0 Å². The smallest absolute Gasteiger partial charge is 0.337 e. The van der Waals surface area contributed by atoms with Gasteiger partial charge in [-0.05, 0) is 49.6 Å². The maximum Gasteiger partial charge on any atom is 0.337 e. The molecule has 24 heavy (non-hydrogen) atoms. The third kappa shape index (κ3) is 4.84. The molecule has 5 nitrogen and oxygen atoms in total. The van der Waals surface area contributed by atoms with E-state index in [-0.39, 0.29) is 6.03 Å². The van der Waals surface area contributed by atoms with Crippen molar-refractivity contribution in [2.75, 3.05) is 19.0 Å². The van der Waals surface area contributed by atoms with Crippen molar-refractivity contribution in [3.63, 3.8) is 0 Å². The summed E-state index contributed by atoms with van der Waals surface area (Å²) in [5.41, 5.74) is 4.61. The van der Waals surface area contributed by atoms with Gasteiger partial charge in [-0.25, -0.2) is 9.59 Å². The normalized spacial score (nSPS) is 10.1. The van der Waals surface area contributed by atoms with Crippen LogP contribution in [-0.4, -0.2) is 25.7 Å². The Morgan fingerprint density at radius 1 is 1.08 bits per heavy atom. The third-order valence-corrected chi connectivity index (χ3v) is 3.72. The van der Waals surface area contributed by atoms with Crippen LogP contribution in [0.25, 0.3) is 0 Å². The zero-order valence-electron chi connectivity index (χ0n) is 14.2. The maximum atomic E-state index is 12.0. The van der Waals surface area contributed by atoms with Gasteiger partial charge >= 0.3 is 12.0 Å². The molecule has 0 spiro atoms. The van der Waals surface area contributed by atoms with Gasteiger partial charge in [-0.3, -0.25) is 0 Å². The summed E-state index contributed by atoms with van der Waals surface area (Å²) in [4.78, 5) is 23.4. The molecule has 0 aromatic heterocycles. The van der Waals surface area contributed by atoms with Crippen molar-refractivity contribution < 1.29 is 14.3 Å². The standard InChI is InChI=1S/C19H22N2O3/c1-13-7-8-15(14(2)11-13)9-10-20-19(23)21-17-6-4-5-16(12-17)18(22)24-3/h4-8,11-12H,9-10H2,1-3H3,(H2,20,21,23). The summed E-state index contributed by atoms with van der Waals surface area (Å²) in [5.74, 6) is -0.436. The number of anilines is 1. The minimum atomic E-state index is -0.436. The van der Waals surface area contributed by atoms with Gasteiger partial charge in [0.25, 0.3) is 0 Å². The fourth-order valence-corrected chi connectivity index (χ4v) is 2.45. The van der Waals surface area contributed by atoms with Gasteiger partial charge in [-0.1, -0.05) is 29.8 Å². The molecule has 2 aromatic carbocycles. The zero-order valence-corrected chi connectivity index (χ0v) is 14.2. The van der Waals surface area contributed by atoms with Gasteiger partial charge in [0.15, 0.2) is 0 Å². The number of hydrogen-bond donors (Lipinski definition) is 2. The molecule has 0 aliphatic carbocycles. The molecule has 0 aliphatic rings. The Morgan fingerprint density at radius 3 is 2.58 bits per heavy atom. The predicted molar refractivity (Wildman–Crippen MR) is 94.4 cm³/mol. The van der Waals surface area contributed by atoms with Crippen LogP contribution >= 0.6 is 0 Å². The highest BCUT2D eigenvalue weighted by molar-refractivity contribution is 5.93. The lowest BCUT2D eigenvalue weighted by atomic mass is 10.0. The van der Waals surface area contributed by atoms with Gasteiger partial charge in [0.2, 0.25) is 0 Å². The number of aryl methyl sites for hydroxylation is 2. The molecular weight excluding hydrogens is 304 g/mol. The van der Waals surface area contributed by atoms with Crippen molar-refractivity contribution in [3.05, 3.63) is 64.7 Å². The molecule has 0 unspecified atom stereocenters. The molecule has 0 fully saturated rings. The van der Waals surface area contributed by atoms with E-state index in [1.54, 1.807) is 24.3 Å². The Kier molecular flexibility index (Phi) is 5.95. The monoisotopic (exact) mass is 326 g/mol. The fraction of sp³-hybridized carbons (Fsp3) is 0.263. The summed E-state index contributed by atoms with van der Waals surface area (Å²) < 4.78 is 4.66. The van der Waals surface area contributed by atoms with Crippen LogP contribution < -0.4 is 10.6 Å². The van der Waals surface area contributed by atoms with Crippen molar-refractivity contribution in [3.8, 4) is 0 Å². The first-order chi connectivity index (χ1) is 11.5. The van der Waals surface area contributed by atoms with Crippen molar-refractivity contribution >= 4 is 17.7 Å². The summed E-state index contributed by atoms with van der Waals surface area (Å²) in [5, 5.41) is 5.53. The predicted octanol–water partition coefficient (Wildman–Crippen LogP) is 3.45. The summed E-state index contributed by atoms with van der Waals surface area (Å²) >= 11 is 0. The maximum absolute atomic E-state index is 12.0. The summed E-state index contributed by atoms with van der Waals surface area (Å²) in [6.45, 7) is 4.66. The average Bonchev–Trinajstić information content (AvgIpc) is 2.56. The number of rotatable bonds is 5. The number of benzene rings is 2. The Labute approximate surface area is 142 Å². The number of ether oxygens (including phenoxy) is 1. The summed E-state index contributed by atoms with van der Waals surface area (Å²) in [6, 6.07) is 12.6.